The molecular formula is C27H23N3O3. The maximum atomic E-state index is 13.1. The first-order valence-corrected chi connectivity index (χ1v) is 10.6. The molecule has 0 spiro atoms. The van der Waals surface area contributed by atoms with Crippen molar-refractivity contribution in [3.63, 3.8) is 0 Å². The van der Waals surface area contributed by atoms with Gasteiger partial charge in [-0.05, 0) is 42.0 Å². The van der Waals surface area contributed by atoms with Crippen LogP contribution in [0.4, 0.5) is 0 Å². The Balaban J connectivity index is 1.56. The summed E-state index contributed by atoms with van der Waals surface area (Å²) in [5, 5.41) is 4.98. The van der Waals surface area contributed by atoms with Crippen LogP contribution < -0.4 is 14.8 Å². The van der Waals surface area contributed by atoms with E-state index in [4.69, 9.17) is 14.5 Å². The number of nitrogens with zero attached hydrogens (tertiary/aromatic N) is 1. The zero-order valence-corrected chi connectivity index (χ0v) is 18.4. The van der Waals surface area contributed by atoms with E-state index >= 15 is 0 Å². The number of ether oxygens (including phenoxy) is 2. The number of aromatic nitrogens is 2. The number of nitrogens with one attached hydrogen (secondary N) is 2. The lowest BCUT2D eigenvalue weighted by atomic mass is 10.1. The number of H-pyrrole nitrogens is 1. The summed E-state index contributed by atoms with van der Waals surface area (Å²) in [5.41, 5.74) is 4.79. The normalized spacial score (nSPS) is 11.0. The molecule has 2 heterocycles. The highest BCUT2D eigenvalue weighted by Crippen LogP contribution is 2.33. The number of aromatic amines is 1. The van der Waals surface area contributed by atoms with Crippen LogP contribution in [0.2, 0.25) is 0 Å². The molecule has 2 N–H and O–H groups in total. The van der Waals surface area contributed by atoms with Gasteiger partial charge in [0, 0.05) is 28.4 Å². The Morgan fingerprint density at radius 3 is 2.45 bits per heavy atom. The summed E-state index contributed by atoms with van der Waals surface area (Å²) in [5.74, 6) is 1.27. The van der Waals surface area contributed by atoms with Crippen LogP contribution in [0.25, 0.3) is 33.1 Å². The van der Waals surface area contributed by atoms with Crippen molar-refractivity contribution in [2.75, 3.05) is 14.2 Å². The van der Waals surface area contributed by atoms with Crippen molar-refractivity contribution in [2.24, 2.45) is 0 Å². The minimum Gasteiger partial charge on any atom is -0.497 e. The van der Waals surface area contributed by atoms with E-state index < -0.39 is 0 Å². The first kappa shape index (κ1) is 20.6. The number of amides is 1. The molecule has 0 atom stereocenters. The van der Waals surface area contributed by atoms with E-state index in [1.165, 1.54) is 0 Å². The number of benzene rings is 3. The van der Waals surface area contributed by atoms with Gasteiger partial charge < -0.3 is 19.8 Å². The lowest BCUT2D eigenvalue weighted by Gasteiger charge is -2.10. The summed E-state index contributed by atoms with van der Waals surface area (Å²) < 4.78 is 10.6. The predicted molar refractivity (Wildman–Crippen MR) is 130 cm³/mol. The van der Waals surface area contributed by atoms with Crippen LogP contribution in [0.3, 0.4) is 0 Å². The second-order valence-electron chi connectivity index (χ2n) is 7.71. The van der Waals surface area contributed by atoms with Crippen LogP contribution in [0, 0.1) is 0 Å². The molecule has 0 aliphatic rings. The third-order valence-corrected chi connectivity index (χ3v) is 5.68. The van der Waals surface area contributed by atoms with Gasteiger partial charge in [0.2, 0.25) is 0 Å². The Kier molecular flexibility index (Phi) is 5.40. The van der Waals surface area contributed by atoms with Gasteiger partial charge in [-0.2, -0.15) is 0 Å². The first-order valence-electron chi connectivity index (χ1n) is 10.6. The molecule has 164 valence electrons. The van der Waals surface area contributed by atoms with E-state index in [2.05, 4.69) is 10.3 Å². The predicted octanol–water partition coefficient (Wildman–Crippen LogP) is 5.33. The number of para-hydroxylation sites is 1. The monoisotopic (exact) mass is 437 g/mol. The molecule has 0 bridgehead atoms. The molecule has 5 rings (SSSR count). The van der Waals surface area contributed by atoms with Crippen LogP contribution in [0.15, 0.2) is 78.9 Å². The minimum absolute atomic E-state index is 0.234. The molecule has 6 heteroatoms. The third kappa shape index (κ3) is 3.99. The SMILES string of the molecule is COc1ccc(CNC(=O)c2cc3c([nH]c4ccccc43)c(-c3cccc(OC)c3)n2)cc1. The van der Waals surface area contributed by atoms with E-state index in [1.807, 2.05) is 78.9 Å². The van der Waals surface area contributed by atoms with Crippen molar-refractivity contribution in [2.45, 2.75) is 6.54 Å². The van der Waals surface area contributed by atoms with Crippen molar-refractivity contribution < 1.29 is 14.3 Å². The highest BCUT2D eigenvalue weighted by Gasteiger charge is 2.17. The van der Waals surface area contributed by atoms with Crippen molar-refractivity contribution >= 4 is 27.7 Å². The summed E-state index contributed by atoms with van der Waals surface area (Å²) in [6.45, 7) is 0.394. The zero-order chi connectivity index (χ0) is 22.8. The van der Waals surface area contributed by atoms with Crippen molar-refractivity contribution in [1.29, 1.82) is 0 Å². The number of rotatable bonds is 6. The van der Waals surface area contributed by atoms with Gasteiger partial charge in [0.15, 0.2) is 0 Å². The summed E-state index contributed by atoms with van der Waals surface area (Å²) in [7, 11) is 3.26. The second-order valence-corrected chi connectivity index (χ2v) is 7.71. The van der Waals surface area contributed by atoms with Crippen LogP contribution in [-0.2, 0) is 6.54 Å². The molecule has 0 radical (unpaired) electrons. The van der Waals surface area contributed by atoms with Crippen molar-refractivity contribution in [1.82, 2.24) is 15.3 Å². The molecule has 3 aromatic carbocycles. The topological polar surface area (TPSA) is 76.2 Å². The largest absolute Gasteiger partial charge is 0.497 e. The van der Waals surface area contributed by atoms with E-state index in [0.29, 0.717) is 17.9 Å². The summed E-state index contributed by atoms with van der Waals surface area (Å²) in [6.07, 6.45) is 0. The Morgan fingerprint density at radius 1 is 0.879 bits per heavy atom. The molecule has 0 saturated heterocycles. The number of methoxy groups -OCH3 is 2. The number of hydrogen-bond acceptors (Lipinski definition) is 4. The van der Waals surface area contributed by atoms with Gasteiger partial charge >= 0.3 is 0 Å². The van der Waals surface area contributed by atoms with E-state index in [1.54, 1.807) is 14.2 Å². The van der Waals surface area contributed by atoms with Gasteiger partial charge in [-0.1, -0.05) is 42.5 Å². The quantitative estimate of drug-likeness (QED) is 0.376. The molecule has 0 fully saturated rings. The van der Waals surface area contributed by atoms with Crippen LogP contribution in [-0.4, -0.2) is 30.1 Å². The number of carbonyl (C=O) groups is 1. The standard InChI is InChI=1S/C27H23N3O3/c1-32-19-12-10-17(11-13-19)16-28-27(31)24-15-22-21-8-3-4-9-23(21)29-26(22)25(30-24)18-6-5-7-20(14-18)33-2/h3-15,29H,16H2,1-2H3,(H,28,31). The molecular weight excluding hydrogens is 414 g/mol. The average Bonchev–Trinajstić information content (AvgIpc) is 3.25. The lowest BCUT2D eigenvalue weighted by Crippen LogP contribution is -2.24. The lowest BCUT2D eigenvalue weighted by molar-refractivity contribution is 0.0946. The molecule has 0 aliphatic carbocycles. The highest BCUT2D eigenvalue weighted by atomic mass is 16.5. The Hall–Kier alpha value is -4.32. The number of pyridine rings is 1. The minimum atomic E-state index is -0.234. The van der Waals surface area contributed by atoms with Crippen molar-refractivity contribution in [3.05, 3.63) is 90.1 Å². The molecule has 1 amide bonds. The van der Waals surface area contributed by atoms with Gasteiger partial charge in [0.1, 0.15) is 17.2 Å². The third-order valence-electron chi connectivity index (χ3n) is 5.68. The smallest absolute Gasteiger partial charge is 0.270 e. The number of hydrogen-bond donors (Lipinski definition) is 2. The Morgan fingerprint density at radius 2 is 1.67 bits per heavy atom. The van der Waals surface area contributed by atoms with Crippen LogP contribution >= 0.6 is 0 Å². The fourth-order valence-electron chi connectivity index (χ4n) is 3.96. The van der Waals surface area contributed by atoms with Crippen LogP contribution in [0.5, 0.6) is 11.5 Å². The van der Waals surface area contributed by atoms with E-state index in [9.17, 15) is 4.79 Å². The Bertz CT molecular complexity index is 1460. The molecule has 6 nitrogen and oxygen atoms in total. The fraction of sp³-hybridized carbons (Fsp3) is 0.111. The van der Waals surface area contributed by atoms with Crippen LogP contribution in [0.1, 0.15) is 16.1 Å². The average molecular weight is 437 g/mol. The Labute approximate surface area is 191 Å². The van der Waals surface area contributed by atoms with Gasteiger partial charge in [-0.3, -0.25) is 4.79 Å². The summed E-state index contributed by atoms with van der Waals surface area (Å²) >= 11 is 0. The van der Waals surface area contributed by atoms with Gasteiger partial charge in [-0.15, -0.1) is 0 Å². The van der Waals surface area contributed by atoms with Gasteiger partial charge in [0.25, 0.3) is 5.91 Å². The summed E-state index contributed by atoms with van der Waals surface area (Å²) in [4.78, 5) is 21.3. The van der Waals surface area contributed by atoms with Gasteiger partial charge in [0.05, 0.1) is 25.4 Å². The zero-order valence-electron chi connectivity index (χ0n) is 18.4. The molecule has 33 heavy (non-hydrogen) atoms. The van der Waals surface area contributed by atoms with Gasteiger partial charge in [-0.25, -0.2) is 4.98 Å². The van der Waals surface area contributed by atoms with E-state index in [0.717, 1.165) is 44.4 Å². The first-order chi connectivity index (χ1) is 16.2. The molecule has 0 aliphatic heterocycles. The van der Waals surface area contributed by atoms with E-state index in [-0.39, 0.29) is 5.91 Å². The second kappa shape index (κ2) is 8.67. The number of carbonyl (C=O) groups excluding carboxylic acids is 1. The maximum absolute atomic E-state index is 13.1. The molecule has 5 aromatic rings. The molecule has 2 aromatic heterocycles. The molecule has 0 unspecified atom stereocenters. The maximum Gasteiger partial charge on any atom is 0.270 e. The molecule has 0 saturated carbocycles. The number of fused-ring (bicyclic) bond motifs is 3. The highest BCUT2D eigenvalue weighted by molar-refractivity contribution is 6.13. The van der Waals surface area contributed by atoms with Crippen molar-refractivity contribution in [3.8, 4) is 22.8 Å². The fourth-order valence-corrected chi connectivity index (χ4v) is 3.96. The summed E-state index contributed by atoms with van der Waals surface area (Å²) in [6, 6.07) is 25.2.